The summed E-state index contributed by atoms with van der Waals surface area (Å²) in [5, 5.41) is 22.5. The molecule has 0 spiro atoms. The topological polar surface area (TPSA) is 101 Å². The van der Waals surface area contributed by atoms with Crippen molar-refractivity contribution in [3.05, 3.63) is 104 Å². The van der Waals surface area contributed by atoms with Gasteiger partial charge in [0.25, 0.3) is 11.6 Å². The van der Waals surface area contributed by atoms with Crippen molar-refractivity contribution in [1.29, 1.82) is 0 Å². The molecule has 0 fully saturated rings. The van der Waals surface area contributed by atoms with E-state index in [9.17, 15) is 24.8 Å². The lowest BCUT2D eigenvalue weighted by atomic mass is 9.88. The van der Waals surface area contributed by atoms with E-state index in [1.54, 1.807) is 18.2 Å². The number of aliphatic hydroxyl groups is 1. The van der Waals surface area contributed by atoms with E-state index in [1.807, 2.05) is 30.3 Å². The van der Waals surface area contributed by atoms with Crippen molar-refractivity contribution in [3.8, 4) is 0 Å². The van der Waals surface area contributed by atoms with Gasteiger partial charge in [0.1, 0.15) is 0 Å². The molecule has 1 aliphatic rings. The van der Waals surface area contributed by atoms with Gasteiger partial charge in [-0.15, -0.1) is 0 Å². The molecule has 8 heteroatoms. The van der Waals surface area contributed by atoms with Crippen molar-refractivity contribution < 1.29 is 19.6 Å². The molecule has 1 amide bonds. The number of carbonyl (C=O) groups is 2. The van der Waals surface area contributed by atoms with Gasteiger partial charge in [-0.05, 0) is 23.8 Å². The zero-order valence-corrected chi connectivity index (χ0v) is 17.8. The number of non-ortho nitro benzene ring substituents is 1. The summed E-state index contributed by atoms with van der Waals surface area (Å²) in [5.74, 6) is -1.17. The van der Waals surface area contributed by atoms with E-state index < -0.39 is 28.6 Å². The summed E-state index contributed by atoms with van der Waals surface area (Å²) in [6.45, 7) is 0.238. The van der Waals surface area contributed by atoms with Crippen molar-refractivity contribution in [3.63, 3.8) is 0 Å². The Hall–Kier alpha value is -3.36. The van der Waals surface area contributed by atoms with Gasteiger partial charge >= 0.3 is 0 Å². The predicted molar refractivity (Wildman–Crippen MR) is 118 cm³/mol. The van der Waals surface area contributed by atoms with Crippen LogP contribution >= 0.6 is 15.9 Å². The third-order valence-corrected chi connectivity index (χ3v) is 5.77. The van der Waals surface area contributed by atoms with Crippen LogP contribution in [-0.2, 0) is 16.9 Å². The van der Waals surface area contributed by atoms with Crippen LogP contribution in [0.2, 0.25) is 0 Å². The molecule has 156 valence electrons. The van der Waals surface area contributed by atoms with Crippen LogP contribution in [-0.4, -0.2) is 21.7 Å². The van der Waals surface area contributed by atoms with Crippen molar-refractivity contribution in [2.45, 2.75) is 18.6 Å². The first-order valence-corrected chi connectivity index (χ1v) is 10.2. The van der Waals surface area contributed by atoms with Crippen LogP contribution in [0.5, 0.6) is 0 Å². The molecule has 0 saturated heterocycles. The Balaban J connectivity index is 1.70. The Kier molecular flexibility index (Phi) is 5.43. The summed E-state index contributed by atoms with van der Waals surface area (Å²) in [5.41, 5.74) is -0.528. The Labute approximate surface area is 186 Å². The van der Waals surface area contributed by atoms with E-state index in [2.05, 4.69) is 15.9 Å². The number of carbonyl (C=O) groups excluding carboxylic acids is 2. The van der Waals surface area contributed by atoms with Crippen LogP contribution in [0, 0.1) is 10.1 Å². The van der Waals surface area contributed by atoms with Gasteiger partial charge in [-0.2, -0.15) is 0 Å². The van der Waals surface area contributed by atoms with Crippen LogP contribution in [0.15, 0.2) is 77.3 Å². The van der Waals surface area contributed by atoms with E-state index in [0.29, 0.717) is 15.7 Å². The van der Waals surface area contributed by atoms with Gasteiger partial charge in [-0.3, -0.25) is 19.7 Å². The third-order valence-electron chi connectivity index (χ3n) is 5.27. The number of nitro groups is 1. The lowest BCUT2D eigenvalue weighted by Gasteiger charge is -2.23. The number of benzene rings is 3. The zero-order chi connectivity index (χ0) is 22.2. The highest BCUT2D eigenvalue weighted by atomic mass is 79.9. The first kappa shape index (κ1) is 20.9. The standard InChI is InChI=1S/C23H17BrN2O5/c24-17-9-10-20-19(12-17)23(29,22(28)25(20)14-15-5-2-1-3-6-15)13-21(27)16-7-4-8-18(11-16)26(30)31/h1-12,29H,13-14H2/t23-/m0/s1. The largest absolute Gasteiger partial charge is 0.375 e. The van der Waals surface area contributed by atoms with E-state index in [1.165, 1.54) is 23.1 Å². The maximum atomic E-state index is 13.3. The van der Waals surface area contributed by atoms with Gasteiger partial charge < -0.3 is 10.0 Å². The van der Waals surface area contributed by atoms with E-state index in [4.69, 9.17) is 0 Å². The number of anilines is 1. The molecule has 31 heavy (non-hydrogen) atoms. The molecule has 0 aliphatic carbocycles. The van der Waals surface area contributed by atoms with Gasteiger partial charge in [0.2, 0.25) is 0 Å². The van der Waals surface area contributed by atoms with E-state index in [0.717, 1.165) is 11.6 Å². The van der Waals surface area contributed by atoms with Crippen LogP contribution in [0.1, 0.15) is 27.9 Å². The number of hydrogen-bond acceptors (Lipinski definition) is 5. The predicted octanol–water partition coefficient (Wildman–Crippen LogP) is 4.36. The molecule has 1 atom stereocenters. The molecular formula is C23H17BrN2O5. The van der Waals surface area contributed by atoms with Gasteiger partial charge in [-0.25, -0.2) is 0 Å². The van der Waals surface area contributed by atoms with Gasteiger partial charge in [0.15, 0.2) is 11.4 Å². The molecule has 0 unspecified atom stereocenters. The average Bonchev–Trinajstić information content (AvgIpc) is 2.96. The molecule has 0 aromatic heterocycles. The number of fused-ring (bicyclic) bond motifs is 1. The van der Waals surface area contributed by atoms with Gasteiger partial charge in [-0.1, -0.05) is 58.4 Å². The normalized spacial score (nSPS) is 17.5. The quantitative estimate of drug-likeness (QED) is 0.320. The minimum Gasteiger partial charge on any atom is -0.375 e. The molecule has 3 aromatic rings. The lowest BCUT2D eigenvalue weighted by molar-refractivity contribution is -0.384. The second kappa shape index (κ2) is 8.05. The summed E-state index contributed by atoms with van der Waals surface area (Å²) < 4.78 is 0.654. The molecule has 0 saturated carbocycles. The Morgan fingerprint density at radius 2 is 1.81 bits per heavy atom. The van der Waals surface area contributed by atoms with Crippen LogP contribution in [0.3, 0.4) is 0 Å². The fourth-order valence-corrected chi connectivity index (χ4v) is 4.10. The minimum absolute atomic E-state index is 0.0634. The fourth-order valence-electron chi connectivity index (χ4n) is 3.74. The molecule has 4 rings (SSSR count). The summed E-state index contributed by atoms with van der Waals surface area (Å²) in [7, 11) is 0. The first-order chi connectivity index (χ1) is 14.8. The Morgan fingerprint density at radius 1 is 1.06 bits per heavy atom. The maximum Gasteiger partial charge on any atom is 0.270 e. The number of Topliss-reactive ketones (excluding diaryl/α,β-unsaturated/α-hetero) is 1. The average molecular weight is 481 g/mol. The molecule has 0 bridgehead atoms. The van der Waals surface area contributed by atoms with Gasteiger partial charge in [0, 0.05) is 27.7 Å². The molecule has 7 nitrogen and oxygen atoms in total. The highest BCUT2D eigenvalue weighted by Crippen LogP contribution is 2.44. The van der Waals surface area contributed by atoms with Gasteiger partial charge in [0.05, 0.1) is 23.6 Å². The van der Waals surface area contributed by atoms with Crippen LogP contribution < -0.4 is 4.90 Å². The summed E-state index contributed by atoms with van der Waals surface area (Å²) in [6.07, 6.45) is -0.526. The minimum atomic E-state index is -2.07. The smallest absolute Gasteiger partial charge is 0.270 e. The van der Waals surface area contributed by atoms with Crippen molar-refractivity contribution in [2.24, 2.45) is 0 Å². The molecule has 1 N–H and O–H groups in total. The number of halogens is 1. The van der Waals surface area contributed by atoms with Crippen LogP contribution in [0.25, 0.3) is 0 Å². The number of ketones is 1. The Bertz CT molecular complexity index is 1200. The molecular weight excluding hydrogens is 464 g/mol. The molecule has 1 heterocycles. The second-order valence-electron chi connectivity index (χ2n) is 7.31. The fraction of sp³-hybridized carbons (Fsp3) is 0.130. The van der Waals surface area contributed by atoms with Crippen LogP contribution in [0.4, 0.5) is 11.4 Å². The third kappa shape index (κ3) is 3.87. The summed E-state index contributed by atoms with van der Waals surface area (Å²) >= 11 is 3.36. The summed E-state index contributed by atoms with van der Waals surface area (Å²) in [6, 6.07) is 19.7. The highest BCUT2D eigenvalue weighted by Gasteiger charge is 2.51. The van der Waals surface area contributed by atoms with E-state index >= 15 is 0 Å². The number of nitrogens with zero attached hydrogens (tertiary/aromatic N) is 2. The first-order valence-electron chi connectivity index (χ1n) is 9.45. The molecule has 3 aromatic carbocycles. The molecule has 1 aliphatic heterocycles. The number of rotatable bonds is 6. The second-order valence-corrected chi connectivity index (χ2v) is 8.22. The SMILES string of the molecule is O=C(C[C@@]1(O)C(=O)N(Cc2ccccc2)c2ccc(Br)cc21)c1cccc([N+](=O)[O-])c1. The Morgan fingerprint density at radius 3 is 2.52 bits per heavy atom. The van der Waals surface area contributed by atoms with Crippen molar-refractivity contribution in [1.82, 2.24) is 0 Å². The number of hydrogen-bond donors (Lipinski definition) is 1. The zero-order valence-electron chi connectivity index (χ0n) is 16.2. The number of amides is 1. The lowest BCUT2D eigenvalue weighted by Crippen LogP contribution is -2.41. The molecule has 0 radical (unpaired) electrons. The van der Waals surface area contributed by atoms with Crippen molar-refractivity contribution >= 4 is 39.0 Å². The highest BCUT2D eigenvalue weighted by molar-refractivity contribution is 9.10. The summed E-state index contributed by atoms with van der Waals surface area (Å²) in [4.78, 5) is 38.2. The van der Waals surface area contributed by atoms with E-state index in [-0.39, 0.29) is 17.8 Å². The maximum absolute atomic E-state index is 13.3. The monoisotopic (exact) mass is 480 g/mol. The van der Waals surface area contributed by atoms with Crippen molar-refractivity contribution in [2.75, 3.05) is 4.90 Å². The number of nitro benzene ring substituents is 1.